The summed E-state index contributed by atoms with van der Waals surface area (Å²) in [6.07, 6.45) is 0. The molecule has 2 aromatic rings. The molecule has 2 aromatic carbocycles. The van der Waals surface area contributed by atoms with Crippen LogP contribution >= 0.6 is 11.6 Å². The van der Waals surface area contributed by atoms with E-state index in [2.05, 4.69) is 5.43 Å². The maximum atomic E-state index is 14.1. The van der Waals surface area contributed by atoms with Crippen molar-refractivity contribution in [2.45, 2.75) is 13.0 Å². The molecule has 0 radical (unpaired) electrons. The van der Waals surface area contributed by atoms with Crippen molar-refractivity contribution in [1.29, 1.82) is 0 Å². The fourth-order valence-corrected chi connectivity index (χ4v) is 2.36. The Morgan fingerprint density at radius 1 is 1.14 bits per heavy atom. The Hall–Kier alpha value is -1.69. The van der Waals surface area contributed by atoms with E-state index < -0.39 is 17.7 Å². The molecule has 21 heavy (non-hydrogen) atoms. The standard InChI is InChI=1S/C15H15ClF2N2O/c1-8-5-9(21-2)3-4-10(8)15(20-19)11-6-14(18)12(16)7-13(11)17/h3-7,15,20H,19H2,1-2H3. The largest absolute Gasteiger partial charge is 0.497 e. The Labute approximate surface area is 126 Å². The number of hydrogen-bond acceptors (Lipinski definition) is 3. The second kappa shape index (κ2) is 6.39. The highest BCUT2D eigenvalue weighted by molar-refractivity contribution is 6.30. The first kappa shape index (κ1) is 15.7. The first-order chi connectivity index (χ1) is 9.97. The summed E-state index contributed by atoms with van der Waals surface area (Å²) >= 11 is 5.57. The lowest BCUT2D eigenvalue weighted by Crippen LogP contribution is -2.30. The van der Waals surface area contributed by atoms with Crippen LogP contribution in [-0.4, -0.2) is 7.11 Å². The van der Waals surface area contributed by atoms with Gasteiger partial charge >= 0.3 is 0 Å². The van der Waals surface area contributed by atoms with Crippen molar-refractivity contribution in [2.24, 2.45) is 5.84 Å². The molecule has 6 heteroatoms. The van der Waals surface area contributed by atoms with Crippen LogP contribution in [0.2, 0.25) is 5.02 Å². The number of nitrogens with two attached hydrogens (primary N) is 1. The number of halogens is 3. The molecule has 0 aliphatic heterocycles. The van der Waals surface area contributed by atoms with E-state index in [-0.39, 0.29) is 10.6 Å². The van der Waals surface area contributed by atoms with Gasteiger partial charge in [-0.1, -0.05) is 17.7 Å². The summed E-state index contributed by atoms with van der Waals surface area (Å²) in [5, 5.41) is -0.265. The van der Waals surface area contributed by atoms with Gasteiger partial charge in [-0.05, 0) is 42.3 Å². The minimum absolute atomic E-state index is 0.0904. The lowest BCUT2D eigenvalue weighted by Gasteiger charge is -2.20. The highest BCUT2D eigenvalue weighted by atomic mass is 35.5. The van der Waals surface area contributed by atoms with Gasteiger partial charge in [-0.2, -0.15) is 0 Å². The van der Waals surface area contributed by atoms with E-state index in [9.17, 15) is 8.78 Å². The summed E-state index contributed by atoms with van der Waals surface area (Å²) in [5.41, 5.74) is 4.16. The molecule has 0 aromatic heterocycles. The van der Waals surface area contributed by atoms with Crippen molar-refractivity contribution in [2.75, 3.05) is 7.11 Å². The van der Waals surface area contributed by atoms with Gasteiger partial charge in [0.1, 0.15) is 17.4 Å². The van der Waals surface area contributed by atoms with Gasteiger partial charge in [0.15, 0.2) is 0 Å². The normalized spacial score (nSPS) is 12.3. The van der Waals surface area contributed by atoms with Crippen LogP contribution in [-0.2, 0) is 0 Å². The average Bonchev–Trinajstić information content (AvgIpc) is 2.46. The van der Waals surface area contributed by atoms with Crippen LogP contribution in [0.1, 0.15) is 22.7 Å². The van der Waals surface area contributed by atoms with Crippen molar-refractivity contribution >= 4 is 11.6 Å². The second-order valence-electron chi connectivity index (χ2n) is 4.61. The van der Waals surface area contributed by atoms with Gasteiger partial charge in [-0.3, -0.25) is 5.84 Å². The third kappa shape index (κ3) is 3.15. The van der Waals surface area contributed by atoms with Crippen LogP contribution in [0, 0.1) is 18.6 Å². The van der Waals surface area contributed by atoms with Gasteiger partial charge in [-0.25, -0.2) is 14.2 Å². The van der Waals surface area contributed by atoms with Crippen molar-refractivity contribution in [3.8, 4) is 5.75 Å². The third-order valence-corrected chi connectivity index (χ3v) is 3.59. The third-order valence-electron chi connectivity index (χ3n) is 3.31. The zero-order valence-electron chi connectivity index (χ0n) is 11.6. The topological polar surface area (TPSA) is 47.3 Å². The molecule has 0 amide bonds. The molecule has 0 spiro atoms. The fourth-order valence-electron chi connectivity index (χ4n) is 2.21. The van der Waals surface area contributed by atoms with Crippen LogP contribution in [0.15, 0.2) is 30.3 Å². The number of rotatable bonds is 4. The highest BCUT2D eigenvalue weighted by Crippen LogP contribution is 2.30. The van der Waals surface area contributed by atoms with Crippen LogP contribution in [0.5, 0.6) is 5.75 Å². The Morgan fingerprint density at radius 3 is 2.43 bits per heavy atom. The van der Waals surface area contributed by atoms with Crippen molar-refractivity contribution in [1.82, 2.24) is 5.43 Å². The van der Waals surface area contributed by atoms with E-state index in [1.165, 1.54) is 0 Å². The zero-order chi connectivity index (χ0) is 15.6. The maximum Gasteiger partial charge on any atom is 0.142 e. The van der Waals surface area contributed by atoms with E-state index in [1.807, 2.05) is 6.92 Å². The number of methoxy groups -OCH3 is 1. The van der Waals surface area contributed by atoms with Crippen LogP contribution in [0.3, 0.4) is 0 Å². The maximum absolute atomic E-state index is 14.1. The summed E-state index contributed by atoms with van der Waals surface area (Å²) < 4.78 is 32.8. The molecule has 1 atom stereocenters. The summed E-state index contributed by atoms with van der Waals surface area (Å²) in [6.45, 7) is 1.84. The van der Waals surface area contributed by atoms with Gasteiger partial charge in [0.05, 0.1) is 18.2 Å². The molecule has 1 unspecified atom stereocenters. The number of benzene rings is 2. The molecule has 3 N–H and O–H groups in total. The Kier molecular flexibility index (Phi) is 4.77. The first-order valence-corrected chi connectivity index (χ1v) is 6.60. The summed E-state index contributed by atoms with van der Waals surface area (Å²) in [5.74, 6) is 4.89. The Morgan fingerprint density at radius 2 is 1.86 bits per heavy atom. The summed E-state index contributed by atoms with van der Waals surface area (Å²) in [4.78, 5) is 0. The van der Waals surface area contributed by atoms with E-state index in [0.29, 0.717) is 5.75 Å². The summed E-state index contributed by atoms with van der Waals surface area (Å²) in [7, 11) is 1.56. The highest BCUT2D eigenvalue weighted by Gasteiger charge is 2.20. The lowest BCUT2D eigenvalue weighted by atomic mass is 9.95. The zero-order valence-corrected chi connectivity index (χ0v) is 12.3. The van der Waals surface area contributed by atoms with E-state index >= 15 is 0 Å². The molecule has 0 fully saturated rings. The van der Waals surface area contributed by atoms with E-state index in [1.54, 1.807) is 25.3 Å². The van der Waals surface area contributed by atoms with Crippen molar-refractivity contribution in [3.63, 3.8) is 0 Å². The van der Waals surface area contributed by atoms with Crippen LogP contribution in [0.4, 0.5) is 8.78 Å². The van der Waals surface area contributed by atoms with Crippen molar-refractivity contribution in [3.05, 3.63) is 63.7 Å². The number of hydrogen-bond donors (Lipinski definition) is 2. The SMILES string of the molecule is COc1ccc(C(NN)c2cc(F)c(Cl)cc2F)c(C)c1. The molecule has 0 saturated heterocycles. The minimum atomic E-state index is -0.695. The van der Waals surface area contributed by atoms with Crippen molar-refractivity contribution < 1.29 is 13.5 Å². The molecule has 0 aliphatic rings. The van der Waals surface area contributed by atoms with Gasteiger partial charge in [0.2, 0.25) is 0 Å². The molecule has 112 valence electrons. The Bertz CT molecular complexity index is 664. The smallest absolute Gasteiger partial charge is 0.142 e. The predicted octanol–water partition coefficient (Wildman–Crippen LogP) is 3.49. The fraction of sp³-hybridized carbons (Fsp3) is 0.200. The van der Waals surface area contributed by atoms with Gasteiger partial charge in [0.25, 0.3) is 0 Å². The number of ether oxygens (including phenoxy) is 1. The van der Waals surface area contributed by atoms with Gasteiger partial charge < -0.3 is 4.74 Å². The molecule has 0 heterocycles. The quantitative estimate of drug-likeness (QED) is 0.516. The van der Waals surface area contributed by atoms with Gasteiger partial charge in [-0.15, -0.1) is 0 Å². The van der Waals surface area contributed by atoms with E-state index in [0.717, 1.165) is 23.3 Å². The molecule has 0 aliphatic carbocycles. The number of nitrogens with one attached hydrogen (secondary N) is 1. The molecule has 2 rings (SSSR count). The number of hydrazine groups is 1. The second-order valence-corrected chi connectivity index (χ2v) is 5.02. The lowest BCUT2D eigenvalue weighted by molar-refractivity contribution is 0.414. The number of aryl methyl sites for hydroxylation is 1. The molecule has 0 saturated carbocycles. The van der Waals surface area contributed by atoms with Gasteiger partial charge in [0, 0.05) is 5.56 Å². The Balaban J connectivity index is 2.52. The molecule has 3 nitrogen and oxygen atoms in total. The molecular weight excluding hydrogens is 298 g/mol. The molecule has 0 bridgehead atoms. The van der Waals surface area contributed by atoms with Crippen LogP contribution < -0.4 is 16.0 Å². The average molecular weight is 313 g/mol. The van der Waals surface area contributed by atoms with Crippen LogP contribution in [0.25, 0.3) is 0 Å². The molecular formula is C15H15ClF2N2O. The minimum Gasteiger partial charge on any atom is -0.497 e. The first-order valence-electron chi connectivity index (χ1n) is 6.23. The monoisotopic (exact) mass is 312 g/mol. The summed E-state index contributed by atoms with van der Waals surface area (Å²) in [6, 6.07) is 6.58. The predicted molar refractivity (Wildman–Crippen MR) is 78.3 cm³/mol. The van der Waals surface area contributed by atoms with E-state index in [4.69, 9.17) is 22.2 Å².